The summed E-state index contributed by atoms with van der Waals surface area (Å²) in [7, 11) is 0. The fraction of sp³-hybridized carbons (Fsp3) is 0.429. The number of nitrogens with one attached hydrogen (secondary N) is 1. The topological polar surface area (TPSA) is 52.9 Å². The van der Waals surface area contributed by atoms with Crippen LogP contribution in [0.15, 0.2) is 12.1 Å². The molecule has 1 N–H and O–H groups in total. The average Bonchev–Trinajstić information content (AvgIpc) is 2.86. The maximum atomic E-state index is 13.6. The van der Waals surface area contributed by atoms with Crippen molar-refractivity contribution in [2.24, 2.45) is 5.41 Å². The number of halogens is 2. The highest BCUT2D eigenvalue weighted by Gasteiger charge is 2.41. The first-order chi connectivity index (χ1) is 8.98. The molecule has 1 aliphatic carbocycles. The van der Waals surface area contributed by atoms with E-state index in [2.05, 4.69) is 5.32 Å². The van der Waals surface area contributed by atoms with E-state index in [-0.39, 0.29) is 11.3 Å². The normalized spacial score (nSPS) is 16.9. The van der Waals surface area contributed by atoms with Crippen LogP contribution in [0.5, 0.6) is 0 Å². The molecule has 100 valence electrons. The molecular weight excluding hydrogens is 250 g/mol. The summed E-state index contributed by atoms with van der Waals surface area (Å²) in [5.74, 6) is -1.83. The Balaban J connectivity index is 2.24. The standard InChI is InChI=1S/C14H14F2N2O/c1-9-6-11(16)12(7-10(9)15)18-13(19)14(8-17)4-2-3-5-14/h6-7H,2-5H2,1H3,(H,18,19). The zero-order valence-electron chi connectivity index (χ0n) is 10.6. The van der Waals surface area contributed by atoms with Crippen LogP contribution in [0.3, 0.4) is 0 Å². The van der Waals surface area contributed by atoms with E-state index in [0.717, 1.165) is 25.0 Å². The van der Waals surface area contributed by atoms with Gasteiger partial charge in [-0.2, -0.15) is 5.26 Å². The molecule has 19 heavy (non-hydrogen) atoms. The molecule has 0 bridgehead atoms. The number of carbonyl (C=O) groups excluding carboxylic acids is 1. The Bertz CT molecular complexity index is 557. The molecule has 0 unspecified atom stereocenters. The van der Waals surface area contributed by atoms with Crippen molar-refractivity contribution in [3.05, 3.63) is 29.3 Å². The van der Waals surface area contributed by atoms with Gasteiger partial charge in [-0.3, -0.25) is 4.79 Å². The van der Waals surface area contributed by atoms with Gasteiger partial charge in [0.2, 0.25) is 5.91 Å². The smallest absolute Gasteiger partial charge is 0.244 e. The number of nitriles is 1. The molecule has 1 aromatic rings. The lowest BCUT2D eigenvalue weighted by Gasteiger charge is -2.19. The molecular formula is C14H14F2N2O. The first kappa shape index (κ1) is 13.5. The number of nitrogens with zero attached hydrogens (tertiary/aromatic N) is 1. The van der Waals surface area contributed by atoms with Crippen LogP contribution in [0.1, 0.15) is 31.2 Å². The quantitative estimate of drug-likeness (QED) is 0.891. The molecule has 0 aliphatic heterocycles. The van der Waals surface area contributed by atoms with Crippen molar-refractivity contribution in [2.45, 2.75) is 32.6 Å². The van der Waals surface area contributed by atoms with E-state index < -0.39 is 23.0 Å². The Morgan fingerprint density at radius 2 is 1.95 bits per heavy atom. The third-order valence-corrected chi connectivity index (χ3v) is 3.60. The number of hydrogen-bond donors (Lipinski definition) is 1. The third kappa shape index (κ3) is 2.43. The van der Waals surface area contributed by atoms with Crippen molar-refractivity contribution in [1.29, 1.82) is 5.26 Å². The van der Waals surface area contributed by atoms with Crippen LogP contribution in [-0.2, 0) is 4.79 Å². The lowest BCUT2D eigenvalue weighted by atomic mass is 9.87. The van der Waals surface area contributed by atoms with Crippen LogP contribution in [0.4, 0.5) is 14.5 Å². The van der Waals surface area contributed by atoms with Gasteiger partial charge < -0.3 is 5.32 Å². The summed E-state index contributed by atoms with van der Waals surface area (Å²) in [6, 6.07) is 3.99. The van der Waals surface area contributed by atoms with Crippen molar-refractivity contribution in [2.75, 3.05) is 5.32 Å². The molecule has 1 saturated carbocycles. The summed E-state index contributed by atoms with van der Waals surface area (Å²) in [6.45, 7) is 1.44. The third-order valence-electron chi connectivity index (χ3n) is 3.60. The van der Waals surface area contributed by atoms with Gasteiger partial charge >= 0.3 is 0 Å². The highest BCUT2D eigenvalue weighted by molar-refractivity contribution is 5.97. The van der Waals surface area contributed by atoms with Crippen molar-refractivity contribution >= 4 is 11.6 Å². The predicted molar refractivity (Wildman–Crippen MR) is 66.2 cm³/mol. The molecule has 0 aromatic heterocycles. The van der Waals surface area contributed by atoms with Gasteiger partial charge in [0.15, 0.2) is 0 Å². The van der Waals surface area contributed by atoms with Gasteiger partial charge in [0.25, 0.3) is 0 Å². The molecule has 0 radical (unpaired) electrons. The molecule has 1 aromatic carbocycles. The van der Waals surface area contributed by atoms with E-state index in [0.29, 0.717) is 12.8 Å². The Kier molecular flexibility index (Phi) is 3.52. The summed E-state index contributed by atoms with van der Waals surface area (Å²) < 4.78 is 27.0. The van der Waals surface area contributed by atoms with E-state index in [1.165, 1.54) is 6.92 Å². The second-order valence-corrected chi connectivity index (χ2v) is 4.94. The summed E-state index contributed by atoms with van der Waals surface area (Å²) >= 11 is 0. The molecule has 1 amide bonds. The van der Waals surface area contributed by atoms with Gasteiger partial charge in [0.05, 0.1) is 11.8 Å². The maximum Gasteiger partial charge on any atom is 0.244 e. The number of rotatable bonds is 2. The molecule has 0 spiro atoms. The highest BCUT2D eigenvalue weighted by Crippen LogP contribution is 2.38. The fourth-order valence-electron chi connectivity index (χ4n) is 2.35. The van der Waals surface area contributed by atoms with Gasteiger partial charge in [-0.05, 0) is 31.4 Å². The molecule has 3 nitrogen and oxygen atoms in total. The number of amides is 1. The van der Waals surface area contributed by atoms with Crippen LogP contribution in [0.25, 0.3) is 0 Å². The van der Waals surface area contributed by atoms with Crippen LogP contribution in [0, 0.1) is 35.3 Å². The number of aryl methyl sites for hydroxylation is 1. The van der Waals surface area contributed by atoms with E-state index >= 15 is 0 Å². The van der Waals surface area contributed by atoms with Gasteiger partial charge in [-0.25, -0.2) is 8.78 Å². The van der Waals surface area contributed by atoms with Crippen LogP contribution in [-0.4, -0.2) is 5.91 Å². The monoisotopic (exact) mass is 264 g/mol. The molecule has 5 heteroatoms. The molecule has 1 fully saturated rings. The second kappa shape index (κ2) is 4.96. The van der Waals surface area contributed by atoms with Crippen molar-refractivity contribution < 1.29 is 13.6 Å². The Morgan fingerprint density at radius 3 is 2.53 bits per heavy atom. The summed E-state index contributed by atoms with van der Waals surface area (Å²) in [5.41, 5.74) is -1.14. The Hall–Kier alpha value is -1.96. The highest BCUT2D eigenvalue weighted by atomic mass is 19.1. The minimum absolute atomic E-state index is 0.173. The zero-order valence-corrected chi connectivity index (χ0v) is 10.6. The number of carbonyl (C=O) groups is 1. The van der Waals surface area contributed by atoms with Crippen molar-refractivity contribution in [1.82, 2.24) is 0 Å². The molecule has 2 rings (SSSR count). The van der Waals surface area contributed by atoms with Crippen LogP contribution >= 0.6 is 0 Å². The van der Waals surface area contributed by atoms with E-state index in [9.17, 15) is 13.6 Å². The Morgan fingerprint density at radius 1 is 1.32 bits per heavy atom. The van der Waals surface area contributed by atoms with E-state index in [4.69, 9.17) is 5.26 Å². The van der Waals surface area contributed by atoms with Crippen molar-refractivity contribution in [3.63, 3.8) is 0 Å². The van der Waals surface area contributed by atoms with E-state index in [1.807, 2.05) is 6.07 Å². The molecule has 0 heterocycles. The summed E-state index contributed by atoms with van der Waals surface area (Å²) in [6.07, 6.45) is 2.52. The number of benzene rings is 1. The minimum atomic E-state index is -1.10. The largest absolute Gasteiger partial charge is 0.322 e. The van der Waals surface area contributed by atoms with E-state index in [1.54, 1.807) is 0 Å². The number of hydrogen-bond acceptors (Lipinski definition) is 2. The molecule has 1 aliphatic rings. The summed E-state index contributed by atoms with van der Waals surface area (Å²) in [4.78, 5) is 12.1. The van der Waals surface area contributed by atoms with Crippen LogP contribution < -0.4 is 5.32 Å². The minimum Gasteiger partial charge on any atom is -0.322 e. The fourth-order valence-corrected chi connectivity index (χ4v) is 2.35. The van der Waals surface area contributed by atoms with Crippen molar-refractivity contribution in [3.8, 4) is 6.07 Å². The molecule has 0 atom stereocenters. The van der Waals surface area contributed by atoms with Crippen LogP contribution in [0.2, 0.25) is 0 Å². The SMILES string of the molecule is Cc1cc(F)c(NC(=O)C2(C#N)CCCC2)cc1F. The van der Waals surface area contributed by atoms with Gasteiger partial charge in [0.1, 0.15) is 17.0 Å². The maximum absolute atomic E-state index is 13.6. The average molecular weight is 264 g/mol. The lowest BCUT2D eigenvalue weighted by Crippen LogP contribution is -2.32. The lowest BCUT2D eigenvalue weighted by molar-refractivity contribution is -0.122. The second-order valence-electron chi connectivity index (χ2n) is 4.94. The summed E-state index contributed by atoms with van der Waals surface area (Å²) in [5, 5.41) is 11.5. The van der Waals surface area contributed by atoms with Gasteiger partial charge in [-0.15, -0.1) is 0 Å². The zero-order chi connectivity index (χ0) is 14.0. The Labute approximate surface area is 110 Å². The van der Waals surface area contributed by atoms with Gasteiger partial charge in [-0.1, -0.05) is 12.8 Å². The first-order valence-corrected chi connectivity index (χ1v) is 6.17. The number of anilines is 1. The van der Waals surface area contributed by atoms with Gasteiger partial charge in [0, 0.05) is 6.07 Å². The molecule has 0 saturated heterocycles. The first-order valence-electron chi connectivity index (χ1n) is 6.17. The predicted octanol–water partition coefficient (Wildman–Crippen LogP) is 3.30.